The quantitative estimate of drug-likeness (QED) is 0.823. The van der Waals surface area contributed by atoms with Crippen molar-refractivity contribution in [2.24, 2.45) is 5.73 Å². The Morgan fingerprint density at radius 3 is 2.00 bits per heavy atom. The molecule has 0 aliphatic heterocycles. The van der Waals surface area contributed by atoms with E-state index in [-0.39, 0.29) is 6.04 Å². The van der Waals surface area contributed by atoms with Crippen LogP contribution in [0.3, 0.4) is 0 Å². The van der Waals surface area contributed by atoms with Crippen LogP contribution in [0.15, 0.2) is 66.7 Å². The van der Waals surface area contributed by atoms with Crippen LogP contribution in [0.5, 0.6) is 0 Å². The fourth-order valence-electron chi connectivity index (χ4n) is 1.57. The Labute approximate surface area is 96.2 Å². The van der Waals surface area contributed by atoms with E-state index in [2.05, 4.69) is 18.2 Å². The van der Waals surface area contributed by atoms with Crippen LogP contribution in [0.25, 0.3) is 6.08 Å². The topological polar surface area (TPSA) is 26.0 Å². The first-order chi connectivity index (χ1) is 7.86. The highest BCUT2D eigenvalue weighted by Crippen LogP contribution is 2.12. The summed E-state index contributed by atoms with van der Waals surface area (Å²) in [6.45, 7) is 0. The zero-order valence-electron chi connectivity index (χ0n) is 9.08. The van der Waals surface area contributed by atoms with Gasteiger partial charge in [-0.05, 0) is 11.1 Å². The summed E-state index contributed by atoms with van der Waals surface area (Å²) in [5.74, 6) is 0. The second kappa shape index (κ2) is 5.29. The van der Waals surface area contributed by atoms with Crippen molar-refractivity contribution in [1.82, 2.24) is 0 Å². The predicted octanol–water partition coefficient (Wildman–Crippen LogP) is 3.40. The van der Waals surface area contributed by atoms with Crippen LogP contribution in [0.1, 0.15) is 17.2 Å². The van der Waals surface area contributed by atoms with Crippen molar-refractivity contribution in [2.75, 3.05) is 0 Å². The van der Waals surface area contributed by atoms with E-state index in [1.165, 1.54) is 5.56 Å². The van der Waals surface area contributed by atoms with Crippen molar-refractivity contribution in [3.8, 4) is 0 Å². The SMILES string of the molecule is N[C@@H](/C=C/c1ccccc1)c1ccccc1. The van der Waals surface area contributed by atoms with Crippen LogP contribution in [-0.4, -0.2) is 0 Å². The Hall–Kier alpha value is -1.86. The first kappa shape index (κ1) is 10.7. The van der Waals surface area contributed by atoms with Gasteiger partial charge in [-0.2, -0.15) is 0 Å². The molecule has 0 bridgehead atoms. The number of hydrogen-bond donors (Lipinski definition) is 1. The van der Waals surface area contributed by atoms with Crippen molar-refractivity contribution in [3.63, 3.8) is 0 Å². The number of hydrogen-bond acceptors (Lipinski definition) is 1. The van der Waals surface area contributed by atoms with Gasteiger partial charge in [0.05, 0.1) is 0 Å². The molecule has 2 aromatic carbocycles. The monoisotopic (exact) mass is 209 g/mol. The minimum Gasteiger partial charge on any atom is -0.321 e. The predicted molar refractivity (Wildman–Crippen MR) is 68.8 cm³/mol. The molecule has 0 fully saturated rings. The van der Waals surface area contributed by atoms with Gasteiger partial charge in [-0.1, -0.05) is 72.8 Å². The second-order valence-electron chi connectivity index (χ2n) is 3.71. The van der Waals surface area contributed by atoms with Crippen LogP contribution in [-0.2, 0) is 0 Å². The molecule has 0 aromatic heterocycles. The van der Waals surface area contributed by atoms with E-state index in [1.807, 2.05) is 54.6 Å². The molecule has 0 unspecified atom stereocenters. The van der Waals surface area contributed by atoms with Gasteiger partial charge in [0.15, 0.2) is 0 Å². The summed E-state index contributed by atoms with van der Waals surface area (Å²) in [5, 5.41) is 0. The van der Waals surface area contributed by atoms with Crippen molar-refractivity contribution >= 4 is 6.08 Å². The van der Waals surface area contributed by atoms with Gasteiger partial charge in [0.25, 0.3) is 0 Å². The first-order valence-corrected chi connectivity index (χ1v) is 5.40. The third-order valence-corrected chi connectivity index (χ3v) is 2.48. The summed E-state index contributed by atoms with van der Waals surface area (Å²) in [5.41, 5.74) is 8.36. The van der Waals surface area contributed by atoms with Crippen molar-refractivity contribution in [3.05, 3.63) is 77.9 Å². The molecule has 2 N–H and O–H groups in total. The Balaban J connectivity index is 2.08. The molecular weight excluding hydrogens is 194 g/mol. The third-order valence-electron chi connectivity index (χ3n) is 2.48. The van der Waals surface area contributed by atoms with E-state index in [1.54, 1.807) is 0 Å². The van der Waals surface area contributed by atoms with Crippen LogP contribution in [0, 0.1) is 0 Å². The molecule has 1 atom stereocenters. The van der Waals surface area contributed by atoms with Gasteiger partial charge in [0.2, 0.25) is 0 Å². The van der Waals surface area contributed by atoms with Gasteiger partial charge < -0.3 is 5.73 Å². The molecule has 0 saturated carbocycles. The van der Waals surface area contributed by atoms with Crippen LogP contribution in [0.2, 0.25) is 0 Å². The molecule has 1 nitrogen and oxygen atoms in total. The molecular formula is C15H15N. The molecule has 2 rings (SSSR count). The van der Waals surface area contributed by atoms with Crippen LogP contribution < -0.4 is 5.73 Å². The zero-order chi connectivity index (χ0) is 11.2. The molecule has 0 radical (unpaired) electrons. The molecule has 0 amide bonds. The molecule has 1 heteroatoms. The maximum atomic E-state index is 6.06. The van der Waals surface area contributed by atoms with E-state index in [0.29, 0.717) is 0 Å². The van der Waals surface area contributed by atoms with Gasteiger partial charge in [-0.3, -0.25) is 0 Å². The molecule has 2 aromatic rings. The highest BCUT2D eigenvalue weighted by molar-refractivity contribution is 5.50. The summed E-state index contributed by atoms with van der Waals surface area (Å²) >= 11 is 0. The van der Waals surface area contributed by atoms with Crippen molar-refractivity contribution < 1.29 is 0 Å². The summed E-state index contributed by atoms with van der Waals surface area (Å²) in [6, 6.07) is 20.2. The minimum absolute atomic E-state index is 0.0404. The normalized spacial score (nSPS) is 12.8. The molecule has 0 saturated heterocycles. The summed E-state index contributed by atoms with van der Waals surface area (Å²) < 4.78 is 0. The summed E-state index contributed by atoms with van der Waals surface area (Å²) in [7, 11) is 0. The van der Waals surface area contributed by atoms with Gasteiger partial charge in [-0.25, -0.2) is 0 Å². The van der Waals surface area contributed by atoms with Gasteiger partial charge in [-0.15, -0.1) is 0 Å². The number of rotatable bonds is 3. The maximum absolute atomic E-state index is 6.06. The lowest BCUT2D eigenvalue weighted by Gasteiger charge is -2.05. The first-order valence-electron chi connectivity index (χ1n) is 5.40. The molecule has 0 heterocycles. The standard InChI is InChI=1S/C15H15N/c16-15(14-9-5-2-6-10-14)12-11-13-7-3-1-4-8-13/h1-12,15H,16H2/b12-11+/t15-/m0/s1. The van der Waals surface area contributed by atoms with Crippen LogP contribution in [0.4, 0.5) is 0 Å². The lowest BCUT2D eigenvalue weighted by Crippen LogP contribution is -2.06. The number of benzene rings is 2. The van der Waals surface area contributed by atoms with Crippen LogP contribution >= 0.6 is 0 Å². The average Bonchev–Trinajstić information content (AvgIpc) is 2.38. The highest BCUT2D eigenvalue weighted by atomic mass is 14.6. The average molecular weight is 209 g/mol. The Morgan fingerprint density at radius 2 is 1.38 bits per heavy atom. The van der Waals surface area contributed by atoms with Gasteiger partial charge in [0, 0.05) is 6.04 Å². The van der Waals surface area contributed by atoms with E-state index in [4.69, 9.17) is 5.73 Å². The van der Waals surface area contributed by atoms with E-state index in [0.717, 1.165) is 5.56 Å². The lowest BCUT2D eigenvalue weighted by molar-refractivity contribution is 0.916. The molecule has 0 spiro atoms. The van der Waals surface area contributed by atoms with Crippen molar-refractivity contribution in [1.29, 1.82) is 0 Å². The highest BCUT2D eigenvalue weighted by Gasteiger charge is 1.99. The Kier molecular flexibility index (Phi) is 3.52. The smallest absolute Gasteiger partial charge is 0.0484 e. The Morgan fingerprint density at radius 1 is 0.812 bits per heavy atom. The maximum Gasteiger partial charge on any atom is 0.0484 e. The van der Waals surface area contributed by atoms with Gasteiger partial charge >= 0.3 is 0 Å². The molecule has 0 aliphatic rings. The lowest BCUT2D eigenvalue weighted by atomic mass is 10.1. The number of nitrogens with two attached hydrogens (primary N) is 1. The molecule has 0 aliphatic carbocycles. The molecule has 80 valence electrons. The minimum atomic E-state index is -0.0404. The van der Waals surface area contributed by atoms with E-state index < -0.39 is 0 Å². The summed E-state index contributed by atoms with van der Waals surface area (Å²) in [6.07, 6.45) is 4.07. The fourth-order valence-corrected chi connectivity index (χ4v) is 1.57. The Bertz CT molecular complexity index is 445. The zero-order valence-corrected chi connectivity index (χ0v) is 9.08. The largest absolute Gasteiger partial charge is 0.321 e. The second-order valence-corrected chi connectivity index (χ2v) is 3.71. The molecule has 16 heavy (non-hydrogen) atoms. The third kappa shape index (κ3) is 2.81. The van der Waals surface area contributed by atoms with E-state index in [9.17, 15) is 0 Å². The van der Waals surface area contributed by atoms with Gasteiger partial charge in [0.1, 0.15) is 0 Å². The van der Waals surface area contributed by atoms with E-state index >= 15 is 0 Å². The summed E-state index contributed by atoms with van der Waals surface area (Å²) in [4.78, 5) is 0. The fraction of sp³-hybridized carbons (Fsp3) is 0.0667. The van der Waals surface area contributed by atoms with Crippen molar-refractivity contribution in [2.45, 2.75) is 6.04 Å².